The van der Waals surface area contributed by atoms with Crippen LogP contribution in [0, 0.1) is 106 Å². The normalized spacial score (nSPS) is 11.9. The van der Waals surface area contributed by atoms with Gasteiger partial charge in [-0.25, -0.2) is 74.6 Å². The quantitative estimate of drug-likeness (QED) is 0.0884. The first-order chi connectivity index (χ1) is 31.5. The molecule has 0 unspecified atom stereocenters. The van der Waals surface area contributed by atoms with Gasteiger partial charge in [-0.1, -0.05) is 63.7 Å². The maximum Gasteiger partial charge on any atom is 0.422 e. The second-order valence-electron chi connectivity index (χ2n) is 14.1. The summed E-state index contributed by atoms with van der Waals surface area (Å²) < 4.78 is 293. The first-order valence-electron chi connectivity index (χ1n) is 17.8. The maximum absolute atomic E-state index is 15.7. The van der Waals surface area contributed by atoms with Gasteiger partial charge in [-0.15, -0.1) is 0 Å². The topological polar surface area (TPSA) is 0 Å². The lowest BCUT2D eigenvalue weighted by Crippen LogP contribution is -2.16. The van der Waals surface area contributed by atoms with E-state index in [0.717, 1.165) is 12.1 Å². The van der Waals surface area contributed by atoms with Crippen LogP contribution in [0.2, 0.25) is 0 Å². The highest BCUT2D eigenvalue weighted by atomic mass is 79.9. The van der Waals surface area contributed by atoms with E-state index in [1.54, 1.807) is 0 Å². The Morgan fingerprint density at radius 3 is 0.971 bits per heavy atom. The summed E-state index contributed by atoms with van der Waals surface area (Å²) >= 11 is 12.5. The molecule has 0 aromatic heterocycles. The van der Waals surface area contributed by atoms with E-state index in [1.807, 2.05) is 0 Å². The van der Waals surface area contributed by atoms with Gasteiger partial charge in [0.25, 0.3) is 0 Å². The minimum atomic E-state index is -5.84. The lowest BCUT2D eigenvalue weighted by atomic mass is 9.87. The minimum absolute atomic E-state index is 0.00842. The van der Waals surface area contributed by atoms with Crippen molar-refractivity contribution in [1.29, 1.82) is 0 Å². The van der Waals surface area contributed by atoms with Crippen molar-refractivity contribution in [2.75, 3.05) is 0 Å². The van der Waals surface area contributed by atoms with Gasteiger partial charge in [0, 0.05) is 29.0 Å². The molecular formula is C44H10Br4F20. The van der Waals surface area contributed by atoms with Crippen LogP contribution in [0.5, 0.6) is 0 Å². The third-order valence-corrected chi connectivity index (χ3v) is 12.9. The van der Waals surface area contributed by atoms with E-state index in [9.17, 15) is 52.7 Å². The standard InChI is InChI=1S/C44H10Br4F20/c1-9-24(31(53)36(58)27(28(9)50)44(66,67)68)17-7-22(48)12(3-15(17)25-32(54)38(60)42(64)39(61)33(25)55)14-5-19(45)13(4-20(14)46)11-2-10(18-8-23(49)30(52)37(59)29(18)51)16(6-21(11)47)26-34(56)40(62)43(65)41(63)35(26)57/h2-8H,1H3. The zero-order chi connectivity index (χ0) is 50.7. The minimum Gasteiger partial charge on any atom is -0.206 e. The van der Waals surface area contributed by atoms with E-state index in [4.69, 9.17) is 0 Å². The fourth-order valence-corrected chi connectivity index (χ4v) is 9.39. The molecule has 0 atom stereocenters. The van der Waals surface area contributed by atoms with Crippen LogP contribution in [0.3, 0.4) is 0 Å². The summed E-state index contributed by atoms with van der Waals surface area (Å²) in [5.41, 5.74) is -15.9. The molecule has 68 heavy (non-hydrogen) atoms. The molecule has 7 rings (SSSR count). The Balaban J connectivity index is 1.52. The SMILES string of the molecule is Cc1c(F)c(C(F)(F)F)c(F)c(F)c1-c1cc(Br)c(-c2cc(Br)c(-c3cc(-c4cc(F)c(F)c(F)c4F)c(-c4c(F)c(F)c(F)c(F)c4F)cc3Br)cc2Br)cc1-c1c(F)c(F)c(F)c(F)c1F. The summed E-state index contributed by atoms with van der Waals surface area (Å²) in [6, 6.07) is 4.75. The van der Waals surface area contributed by atoms with Crippen molar-refractivity contribution in [3.05, 3.63) is 170 Å². The Kier molecular flexibility index (Phi) is 13.6. The summed E-state index contributed by atoms with van der Waals surface area (Å²) in [6.07, 6.45) is -5.84. The molecule has 0 fully saturated rings. The van der Waals surface area contributed by atoms with E-state index >= 15 is 35.1 Å². The molecule has 0 amide bonds. The Labute approximate surface area is 399 Å². The van der Waals surface area contributed by atoms with E-state index in [-0.39, 0.29) is 46.2 Å². The van der Waals surface area contributed by atoms with E-state index in [2.05, 4.69) is 63.7 Å². The van der Waals surface area contributed by atoms with Gasteiger partial charge in [-0.05, 0) is 99.5 Å². The lowest BCUT2D eigenvalue weighted by Gasteiger charge is -2.21. The van der Waals surface area contributed by atoms with Crippen molar-refractivity contribution < 1.29 is 87.8 Å². The smallest absolute Gasteiger partial charge is 0.206 e. The van der Waals surface area contributed by atoms with Gasteiger partial charge < -0.3 is 0 Å². The van der Waals surface area contributed by atoms with Gasteiger partial charge in [-0.3, -0.25) is 0 Å². The molecule has 0 aliphatic heterocycles. The highest BCUT2D eigenvalue weighted by Crippen LogP contribution is 2.51. The van der Waals surface area contributed by atoms with Crippen molar-refractivity contribution in [2.24, 2.45) is 0 Å². The fraction of sp³-hybridized carbons (Fsp3) is 0.0455. The summed E-state index contributed by atoms with van der Waals surface area (Å²) in [5, 5.41) is 0. The first-order valence-corrected chi connectivity index (χ1v) is 21.0. The van der Waals surface area contributed by atoms with Gasteiger partial charge in [0.15, 0.2) is 81.4 Å². The van der Waals surface area contributed by atoms with Gasteiger partial charge >= 0.3 is 6.18 Å². The fourth-order valence-electron chi connectivity index (χ4n) is 7.16. The van der Waals surface area contributed by atoms with Crippen LogP contribution in [-0.2, 0) is 6.18 Å². The zero-order valence-electron chi connectivity index (χ0n) is 32.1. The Hall–Kier alpha value is -4.94. The predicted octanol–water partition coefficient (Wildman–Crippen LogP) is 18.4. The summed E-state index contributed by atoms with van der Waals surface area (Å²) in [7, 11) is 0. The molecule has 0 bridgehead atoms. The van der Waals surface area contributed by atoms with E-state index < -0.39 is 161 Å². The summed E-state index contributed by atoms with van der Waals surface area (Å²) in [4.78, 5) is 0. The van der Waals surface area contributed by atoms with Crippen molar-refractivity contribution >= 4 is 63.7 Å². The average Bonchev–Trinajstić information content (AvgIpc) is 3.27. The van der Waals surface area contributed by atoms with Crippen LogP contribution < -0.4 is 0 Å². The first kappa shape index (κ1) is 50.9. The monoisotopic (exact) mass is 1230 g/mol. The molecule has 0 aliphatic rings. The number of hydrogen-bond acceptors (Lipinski definition) is 0. The third kappa shape index (κ3) is 8.08. The molecule has 0 aliphatic carbocycles. The lowest BCUT2D eigenvalue weighted by molar-refractivity contribution is -0.142. The van der Waals surface area contributed by atoms with Gasteiger partial charge in [0.05, 0.1) is 11.1 Å². The van der Waals surface area contributed by atoms with E-state index in [1.165, 1.54) is 0 Å². The van der Waals surface area contributed by atoms with Crippen LogP contribution in [0.1, 0.15) is 11.1 Å². The molecule has 7 aromatic rings. The van der Waals surface area contributed by atoms with Crippen molar-refractivity contribution in [1.82, 2.24) is 0 Å². The highest BCUT2D eigenvalue weighted by Gasteiger charge is 2.42. The number of halogens is 24. The van der Waals surface area contributed by atoms with Crippen molar-refractivity contribution in [3.63, 3.8) is 0 Å². The maximum atomic E-state index is 15.7. The molecule has 0 nitrogen and oxygen atoms in total. The van der Waals surface area contributed by atoms with Gasteiger partial charge in [0.1, 0.15) is 11.4 Å². The van der Waals surface area contributed by atoms with Crippen LogP contribution in [0.25, 0.3) is 66.8 Å². The van der Waals surface area contributed by atoms with Crippen LogP contribution in [0.4, 0.5) is 87.8 Å². The molecule has 0 saturated heterocycles. The van der Waals surface area contributed by atoms with Crippen LogP contribution in [-0.4, -0.2) is 0 Å². The molecule has 0 saturated carbocycles. The average molecular weight is 1240 g/mol. The summed E-state index contributed by atoms with van der Waals surface area (Å²) in [6.45, 7) is 0.496. The molecule has 0 radical (unpaired) electrons. The third-order valence-electron chi connectivity index (χ3n) is 10.3. The molecule has 0 N–H and O–H groups in total. The molecule has 354 valence electrons. The Morgan fingerprint density at radius 1 is 0.279 bits per heavy atom. The van der Waals surface area contributed by atoms with Crippen LogP contribution in [0.15, 0.2) is 60.4 Å². The molecule has 0 heterocycles. The summed E-state index contributed by atoms with van der Waals surface area (Å²) in [5.74, 6) is -42.4. The number of rotatable bonds is 6. The molecular weight excluding hydrogens is 1230 g/mol. The molecule has 0 spiro atoms. The highest BCUT2D eigenvalue weighted by molar-refractivity contribution is 9.11. The van der Waals surface area contributed by atoms with E-state index in [0.29, 0.717) is 31.2 Å². The predicted molar refractivity (Wildman–Crippen MR) is 219 cm³/mol. The van der Waals surface area contributed by atoms with Crippen molar-refractivity contribution in [3.8, 4) is 66.8 Å². The molecule has 24 heteroatoms. The Bertz CT molecular complexity index is 3280. The number of alkyl halides is 3. The van der Waals surface area contributed by atoms with Crippen molar-refractivity contribution in [2.45, 2.75) is 13.1 Å². The number of hydrogen-bond donors (Lipinski definition) is 0. The van der Waals surface area contributed by atoms with Gasteiger partial charge in [0.2, 0.25) is 11.6 Å². The second kappa shape index (κ2) is 18.1. The Morgan fingerprint density at radius 2 is 0.574 bits per heavy atom. The molecule has 7 aromatic carbocycles. The largest absolute Gasteiger partial charge is 0.422 e. The second-order valence-corrected chi connectivity index (χ2v) is 17.5. The zero-order valence-corrected chi connectivity index (χ0v) is 38.5. The van der Waals surface area contributed by atoms with Crippen LogP contribution >= 0.6 is 63.7 Å². The number of benzene rings is 7. The van der Waals surface area contributed by atoms with Gasteiger partial charge in [-0.2, -0.15) is 13.2 Å².